The maximum atomic E-state index is 12.7. The number of piperidine rings is 1. The molecule has 6 nitrogen and oxygen atoms in total. The number of furan rings is 1. The molecule has 0 aromatic carbocycles. The molecule has 7 heteroatoms. The van der Waals surface area contributed by atoms with E-state index in [1.54, 1.807) is 23.9 Å². The Morgan fingerprint density at radius 2 is 2.08 bits per heavy atom. The highest BCUT2D eigenvalue weighted by atomic mass is 32.2. The van der Waals surface area contributed by atoms with E-state index in [0.717, 1.165) is 45.3 Å². The predicted octanol–water partition coefficient (Wildman–Crippen LogP) is 1.93. The zero-order chi connectivity index (χ0) is 17.5. The molecular weight excluding hydrogens is 340 g/mol. The highest BCUT2D eigenvalue weighted by Gasteiger charge is 2.53. The van der Waals surface area contributed by atoms with Crippen molar-refractivity contribution >= 4 is 10.0 Å². The summed E-state index contributed by atoms with van der Waals surface area (Å²) < 4.78 is 37.8. The summed E-state index contributed by atoms with van der Waals surface area (Å²) in [7, 11) is -1.37. The first-order valence-corrected chi connectivity index (χ1v) is 10.8. The average molecular weight is 368 g/mol. The molecule has 0 N–H and O–H groups in total. The minimum Gasteiger partial charge on any atom is -0.472 e. The lowest BCUT2D eigenvalue weighted by molar-refractivity contribution is 0.0357. The van der Waals surface area contributed by atoms with E-state index in [9.17, 15) is 8.42 Å². The van der Waals surface area contributed by atoms with Crippen LogP contribution >= 0.6 is 0 Å². The molecule has 2 saturated heterocycles. The van der Waals surface area contributed by atoms with Gasteiger partial charge in [-0.05, 0) is 50.3 Å². The van der Waals surface area contributed by atoms with Gasteiger partial charge in [-0.2, -0.15) is 0 Å². The molecule has 1 atom stereocenters. The van der Waals surface area contributed by atoms with E-state index < -0.39 is 10.0 Å². The summed E-state index contributed by atoms with van der Waals surface area (Å²) in [6.07, 6.45) is 7.26. The summed E-state index contributed by atoms with van der Waals surface area (Å²) in [6, 6.07) is 2.01. The van der Waals surface area contributed by atoms with Gasteiger partial charge in [0.25, 0.3) is 0 Å². The van der Waals surface area contributed by atoms with Crippen LogP contribution in [-0.2, 0) is 21.3 Å². The van der Waals surface area contributed by atoms with E-state index in [1.165, 1.54) is 5.56 Å². The van der Waals surface area contributed by atoms with Crippen molar-refractivity contribution < 1.29 is 17.6 Å². The van der Waals surface area contributed by atoms with E-state index in [1.807, 2.05) is 6.07 Å². The minimum absolute atomic E-state index is 0.0743. The number of likely N-dealkylation sites (tertiary alicyclic amines) is 1. The molecule has 4 rings (SSSR count). The molecule has 1 aromatic heterocycles. The van der Waals surface area contributed by atoms with Crippen molar-refractivity contribution in [1.29, 1.82) is 0 Å². The van der Waals surface area contributed by atoms with Gasteiger partial charge < -0.3 is 9.15 Å². The summed E-state index contributed by atoms with van der Waals surface area (Å²) in [5.74, 6) is 0.308. The molecular formula is C18H28N2O4S. The van der Waals surface area contributed by atoms with Crippen molar-refractivity contribution in [2.45, 2.75) is 37.5 Å². The van der Waals surface area contributed by atoms with Crippen LogP contribution in [0.2, 0.25) is 0 Å². The molecule has 3 fully saturated rings. The Balaban J connectivity index is 1.44. The maximum Gasteiger partial charge on any atom is 0.217 e. The van der Waals surface area contributed by atoms with Gasteiger partial charge in [0.1, 0.15) is 0 Å². The van der Waals surface area contributed by atoms with Crippen LogP contribution in [0.5, 0.6) is 0 Å². The van der Waals surface area contributed by atoms with Gasteiger partial charge in [-0.3, -0.25) is 4.90 Å². The van der Waals surface area contributed by atoms with Crippen LogP contribution in [0.1, 0.15) is 31.2 Å². The average Bonchev–Trinajstić information content (AvgIpc) is 3.25. The third-order valence-corrected chi connectivity index (χ3v) is 8.60. The second kappa shape index (κ2) is 6.68. The predicted molar refractivity (Wildman–Crippen MR) is 94.5 cm³/mol. The first-order valence-electron chi connectivity index (χ1n) is 9.25. The molecule has 0 bridgehead atoms. The molecule has 1 spiro atoms. The quantitative estimate of drug-likeness (QED) is 0.768. The molecule has 25 heavy (non-hydrogen) atoms. The fourth-order valence-electron chi connectivity index (χ4n) is 4.55. The van der Waals surface area contributed by atoms with Crippen molar-refractivity contribution in [1.82, 2.24) is 9.21 Å². The number of sulfonamides is 1. The van der Waals surface area contributed by atoms with Gasteiger partial charge in [0.15, 0.2) is 0 Å². The van der Waals surface area contributed by atoms with Crippen LogP contribution in [-0.4, -0.2) is 62.8 Å². The summed E-state index contributed by atoms with van der Waals surface area (Å²) >= 11 is 0. The van der Waals surface area contributed by atoms with E-state index in [4.69, 9.17) is 9.15 Å². The van der Waals surface area contributed by atoms with E-state index in [-0.39, 0.29) is 10.7 Å². The Morgan fingerprint density at radius 3 is 2.68 bits per heavy atom. The maximum absolute atomic E-state index is 12.7. The van der Waals surface area contributed by atoms with Crippen molar-refractivity contribution in [2.24, 2.45) is 11.3 Å². The highest BCUT2D eigenvalue weighted by Crippen LogP contribution is 2.47. The Hall–Kier alpha value is -0.890. The van der Waals surface area contributed by atoms with Crippen LogP contribution in [0.3, 0.4) is 0 Å². The van der Waals surface area contributed by atoms with Gasteiger partial charge >= 0.3 is 0 Å². The van der Waals surface area contributed by atoms with Crippen molar-refractivity contribution in [3.8, 4) is 0 Å². The van der Waals surface area contributed by atoms with Gasteiger partial charge in [-0.15, -0.1) is 0 Å². The van der Waals surface area contributed by atoms with Crippen molar-refractivity contribution in [3.63, 3.8) is 0 Å². The van der Waals surface area contributed by atoms with Gasteiger partial charge in [0.2, 0.25) is 10.0 Å². The Bertz CT molecular complexity index is 676. The third kappa shape index (κ3) is 3.39. The standard InChI is InChI=1S/C18H28N2O4S/c1-23-13-16-11-20(25(21,22)17-2-3-17)14-18(16)5-7-19(8-6-18)10-15-4-9-24-12-15/h4,9,12,16-17H,2-3,5-8,10-11,13-14H2,1H3/t16-/m1/s1. The molecule has 140 valence electrons. The minimum atomic E-state index is -3.09. The first kappa shape index (κ1) is 17.5. The molecule has 0 unspecified atom stereocenters. The molecule has 1 aliphatic carbocycles. The highest BCUT2D eigenvalue weighted by molar-refractivity contribution is 7.90. The third-order valence-electron chi connectivity index (χ3n) is 6.29. The number of nitrogens with zero attached hydrogens (tertiary/aromatic N) is 2. The number of rotatable bonds is 6. The van der Waals surface area contributed by atoms with E-state index in [0.29, 0.717) is 25.6 Å². The number of methoxy groups -OCH3 is 1. The van der Waals surface area contributed by atoms with E-state index in [2.05, 4.69) is 4.90 Å². The molecule has 1 saturated carbocycles. The van der Waals surface area contributed by atoms with Gasteiger partial charge in [0.05, 0.1) is 24.4 Å². The number of hydrogen-bond acceptors (Lipinski definition) is 5. The molecule has 3 aliphatic rings. The monoisotopic (exact) mass is 368 g/mol. The fraction of sp³-hybridized carbons (Fsp3) is 0.778. The van der Waals surface area contributed by atoms with Gasteiger partial charge in [-0.1, -0.05) is 0 Å². The molecule has 0 radical (unpaired) electrons. The van der Waals surface area contributed by atoms with Crippen LogP contribution in [0.15, 0.2) is 23.0 Å². The van der Waals surface area contributed by atoms with Crippen LogP contribution < -0.4 is 0 Å². The normalized spacial score (nSPS) is 28.0. The molecule has 3 heterocycles. The lowest BCUT2D eigenvalue weighted by Gasteiger charge is -2.42. The molecule has 0 amide bonds. The Kier molecular flexibility index (Phi) is 4.68. The molecule has 2 aliphatic heterocycles. The summed E-state index contributed by atoms with van der Waals surface area (Å²) in [5.41, 5.74) is 1.28. The summed E-state index contributed by atoms with van der Waals surface area (Å²) in [6.45, 7) is 4.88. The first-order chi connectivity index (χ1) is 12.0. The fourth-order valence-corrected chi connectivity index (χ4v) is 6.53. The molecule has 1 aromatic rings. The Morgan fingerprint density at radius 1 is 1.32 bits per heavy atom. The van der Waals surface area contributed by atoms with Crippen LogP contribution in [0, 0.1) is 11.3 Å². The summed E-state index contributed by atoms with van der Waals surface area (Å²) in [4.78, 5) is 2.44. The number of hydrogen-bond donors (Lipinski definition) is 0. The van der Waals surface area contributed by atoms with Gasteiger partial charge in [-0.25, -0.2) is 12.7 Å². The number of ether oxygens (including phenoxy) is 1. The van der Waals surface area contributed by atoms with Crippen molar-refractivity contribution in [3.05, 3.63) is 24.2 Å². The zero-order valence-electron chi connectivity index (χ0n) is 14.9. The van der Waals surface area contributed by atoms with Crippen molar-refractivity contribution in [2.75, 3.05) is 39.9 Å². The SMILES string of the molecule is COC[C@H]1CN(S(=O)(=O)C2CC2)CC12CCN(Cc1ccoc1)CC2. The zero-order valence-corrected chi connectivity index (χ0v) is 15.7. The van der Waals surface area contributed by atoms with Crippen LogP contribution in [0.4, 0.5) is 0 Å². The Labute approximate surface area is 150 Å². The van der Waals surface area contributed by atoms with Crippen LogP contribution in [0.25, 0.3) is 0 Å². The second-order valence-corrected chi connectivity index (χ2v) is 10.2. The smallest absolute Gasteiger partial charge is 0.217 e. The topological polar surface area (TPSA) is 63.0 Å². The largest absolute Gasteiger partial charge is 0.472 e. The lowest BCUT2D eigenvalue weighted by Crippen LogP contribution is -2.45. The second-order valence-electron chi connectivity index (χ2n) is 7.96. The van der Waals surface area contributed by atoms with Gasteiger partial charge in [0, 0.05) is 38.2 Å². The lowest BCUT2D eigenvalue weighted by atomic mass is 9.71. The van der Waals surface area contributed by atoms with E-state index >= 15 is 0 Å². The summed E-state index contributed by atoms with van der Waals surface area (Å²) in [5, 5.41) is -0.118.